The minimum absolute atomic E-state index is 0.0501. The van der Waals surface area contributed by atoms with Crippen molar-refractivity contribution in [2.75, 3.05) is 11.9 Å². The van der Waals surface area contributed by atoms with Crippen LogP contribution in [0.2, 0.25) is 0 Å². The van der Waals surface area contributed by atoms with Gasteiger partial charge in [0.25, 0.3) is 5.91 Å². The number of likely N-dealkylation sites (N-methyl/N-ethyl adjacent to an activating group) is 1. The SMILES string of the molecule is CCCCC1Cc2c(F)c3c(c(O)c2NC1=O)C(O)=C1C(=O)[C@]2(O)C(O)=C(C(N)=O)C(=O)[C@@H](NCC)[C@@H]2C[C@@H]1C3. The molecule has 1 heterocycles. The van der Waals surface area contributed by atoms with Gasteiger partial charge in [0.2, 0.25) is 11.7 Å². The summed E-state index contributed by atoms with van der Waals surface area (Å²) >= 11 is 0. The van der Waals surface area contributed by atoms with Gasteiger partial charge in [-0.2, -0.15) is 0 Å². The second kappa shape index (κ2) is 9.70. The summed E-state index contributed by atoms with van der Waals surface area (Å²) in [6.07, 6.45) is 1.90. The summed E-state index contributed by atoms with van der Waals surface area (Å²) in [5.41, 5.74) is 0.696. The lowest BCUT2D eigenvalue weighted by atomic mass is 9.57. The number of aliphatic hydroxyl groups is 3. The number of fused-ring (bicyclic) bond motifs is 4. The molecule has 1 aromatic carbocycles. The van der Waals surface area contributed by atoms with Crippen LogP contribution in [0.15, 0.2) is 16.9 Å². The molecular weight excluding hydrogens is 525 g/mol. The van der Waals surface area contributed by atoms with Gasteiger partial charge in [0.05, 0.1) is 17.3 Å². The lowest BCUT2D eigenvalue weighted by Gasteiger charge is -2.49. The van der Waals surface area contributed by atoms with Crippen LogP contribution in [0.5, 0.6) is 5.75 Å². The van der Waals surface area contributed by atoms with E-state index in [0.29, 0.717) is 6.42 Å². The normalized spacial score (nSPS) is 29.4. The molecule has 0 saturated heterocycles. The Labute approximate surface area is 228 Å². The van der Waals surface area contributed by atoms with Crippen LogP contribution in [0.3, 0.4) is 0 Å². The summed E-state index contributed by atoms with van der Waals surface area (Å²) in [5, 5.41) is 50.3. The molecule has 1 fully saturated rings. The predicted octanol–water partition coefficient (Wildman–Crippen LogP) is 1.45. The van der Waals surface area contributed by atoms with Crippen LogP contribution in [0, 0.1) is 23.6 Å². The van der Waals surface area contributed by atoms with Crippen LogP contribution in [0.1, 0.15) is 56.2 Å². The Morgan fingerprint density at radius 2 is 1.85 bits per heavy atom. The number of halogens is 1. The van der Waals surface area contributed by atoms with Gasteiger partial charge in [0.15, 0.2) is 17.1 Å². The Bertz CT molecular complexity index is 1430. The van der Waals surface area contributed by atoms with Gasteiger partial charge in [-0.05, 0) is 38.1 Å². The number of aliphatic hydroxyl groups excluding tert-OH is 2. The smallest absolute Gasteiger partial charge is 0.255 e. The molecule has 12 heteroatoms. The first-order chi connectivity index (χ1) is 18.9. The maximum absolute atomic E-state index is 16.0. The number of ketones is 2. The van der Waals surface area contributed by atoms with E-state index in [2.05, 4.69) is 10.6 Å². The fraction of sp³-hybridized carbons (Fsp3) is 0.500. The maximum Gasteiger partial charge on any atom is 0.255 e. The number of nitrogens with one attached hydrogen (secondary N) is 2. The van der Waals surface area contributed by atoms with E-state index in [1.54, 1.807) is 6.92 Å². The molecule has 1 unspecified atom stereocenters. The molecule has 4 aliphatic rings. The van der Waals surface area contributed by atoms with Crippen molar-refractivity contribution in [1.29, 1.82) is 0 Å². The number of nitrogens with two attached hydrogens (primary N) is 1. The number of benzene rings is 1. The van der Waals surface area contributed by atoms with Crippen LogP contribution in [-0.4, -0.2) is 62.0 Å². The van der Waals surface area contributed by atoms with E-state index in [4.69, 9.17) is 5.73 Å². The molecule has 1 aliphatic heterocycles. The molecule has 5 atom stereocenters. The van der Waals surface area contributed by atoms with E-state index < -0.39 is 81.4 Å². The van der Waals surface area contributed by atoms with Crippen molar-refractivity contribution >= 4 is 34.8 Å². The largest absolute Gasteiger partial charge is 0.508 e. The molecule has 3 aliphatic carbocycles. The molecule has 0 aromatic heterocycles. The van der Waals surface area contributed by atoms with Crippen molar-refractivity contribution in [2.45, 2.75) is 64.0 Å². The van der Waals surface area contributed by atoms with E-state index in [1.165, 1.54) is 0 Å². The van der Waals surface area contributed by atoms with Gasteiger partial charge < -0.3 is 36.8 Å². The van der Waals surface area contributed by atoms with Gasteiger partial charge in [-0.3, -0.25) is 19.2 Å². The second-order valence-electron chi connectivity index (χ2n) is 11.0. The third-order valence-corrected chi connectivity index (χ3v) is 8.80. The Balaban J connectivity index is 1.67. The fourth-order valence-electron chi connectivity index (χ4n) is 6.85. The van der Waals surface area contributed by atoms with Crippen LogP contribution in [0.4, 0.5) is 10.1 Å². The number of amides is 2. The average molecular weight is 558 g/mol. The molecule has 11 nitrogen and oxygen atoms in total. The molecule has 2 amide bonds. The number of carbonyl (C=O) groups is 4. The van der Waals surface area contributed by atoms with Crippen molar-refractivity contribution in [3.05, 3.63) is 39.4 Å². The van der Waals surface area contributed by atoms with E-state index >= 15 is 4.39 Å². The van der Waals surface area contributed by atoms with Crippen molar-refractivity contribution in [3.63, 3.8) is 0 Å². The van der Waals surface area contributed by atoms with Gasteiger partial charge in [0.1, 0.15) is 22.9 Å². The Morgan fingerprint density at radius 3 is 2.48 bits per heavy atom. The highest BCUT2D eigenvalue weighted by molar-refractivity contribution is 6.24. The second-order valence-corrected chi connectivity index (χ2v) is 11.0. The highest BCUT2D eigenvalue weighted by atomic mass is 19.1. The number of primary amides is 1. The fourth-order valence-corrected chi connectivity index (χ4v) is 6.85. The van der Waals surface area contributed by atoms with Gasteiger partial charge in [-0.25, -0.2) is 4.39 Å². The Hall–Kier alpha value is -3.77. The highest BCUT2D eigenvalue weighted by Gasteiger charge is 2.63. The number of unbranched alkanes of at least 4 members (excludes halogenated alkanes) is 1. The van der Waals surface area contributed by atoms with E-state index in [-0.39, 0.29) is 53.8 Å². The zero-order valence-electron chi connectivity index (χ0n) is 22.1. The Kier molecular flexibility index (Phi) is 6.74. The average Bonchev–Trinajstić information content (AvgIpc) is 2.90. The maximum atomic E-state index is 16.0. The van der Waals surface area contributed by atoms with E-state index in [9.17, 15) is 39.6 Å². The van der Waals surface area contributed by atoms with Gasteiger partial charge in [0, 0.05) is 28.5 Å². The minimum atomic E-state index is -2.79. The highest BCUT2D eigenvalue weighted by Crippen LogP contribution is 2.54. The molecule has 8 N–H and O–H groups in total. The minimum Gasteiger partial charge on any atom is -0.508 e. The number of phenols is 1. The quantitative estimate of drug-likeness (QED) is 0.200. The number of hydrogen-bond acceptors (Lipinski definition) is 9. The van der Waals surface area contributed by atoms with Crippen molar-refractivity contribution in [2.24, 2.45) is 23.5 Å². The first-order valence-corrected chi connectivity index (χ1v) is 13.5. The van der Waals surface area contributed by atoms with Gasteiger partial charge in [-0.1, -0.05) is 26.7 Å². The van der Waals surface area contributed by atoms with Crippen molar-refractivity contribution in [1.82, 2.24) is 5.32 Å². The molecular formula is C28H32FN3O8. The third kappa shape index (κ3) is 3.69. The number of rotatable bonds is 6. The summed E-state index contributed by atoms with van der Waals surface area (Å²) in [6, 6.07) is -1.27. The van der Waals surface area contributed by atoms with Crippen LogP contribution in [-0.2, 0) is 32.0 Å². The standard InChI is InChI=1S/C28H32FN3O8/c1-3-5-6-10-7-13-18(29)12-8-11-9-14-20(31-4-2)23(35)17(26(30)38)25(37)28(14,40)24(36)15(11)21(33)16(12)22(34)19(13)32-27(10)39/h10-11,14,20,31,33-34,37,40H,3-9H2,1-2H3,(H2,30,38)(H,32,39)/t10?,11-,14-,20-,28-/m0/s1. The van der Waals surface area contributed by atoms with Crippen molar-refractivity contribution in [3.8, 4) is 5.75 Å². The first-order valence-electron chi connectivity index (χ1n) is 13.5. The summed E-state index contributed by atoms with van der Waals surface area (Å²) < 4.78 is 16.0. The molecule has 5 rings (SSSR count). The van der Waals surface area contributed by atoms with E-state index in [0.717, 1.165) is 12.8 Å². The lowest BCUT2D eigenvalue weighted by molar-refractivity contribution is -0.150. The summed E-state index contributed by atoms with van der Waals surface area (Å²) in [6.45, 7) is 3.85. The van der Waals surface area contributed by atoms with Gasteiger partial charge in [-0.15, -0.1) is 0 Å². The third-order valence-electron chi connectivity index (χ3n) is 8.80. The first kappa shape index (κ1) is 27.8. The summed E-state index contributed by atoms with van der Waals surface area (Å²) in [7, 11) is 0. The topological polar surface area (TPSA) is 199 Å². The number of hydrogen-bond donors (Lipinski definition) is 7. The monoisotopic (exact) mass is 557 g/mol. The van der Waals surface area contributed by atoms with E-state index in [1.807, 2.05) is 6.92 Å². The number of Topliss-reactive ketones (excluding diaryl/α,β-unsaturated/α-hetero) is 2. The lowest BCUT2D eigenvalue weighted by Crippen LogP contribution is -2.66. The number of phenolic OH excluding ortho intramolecular Hbond substituents is 1. The molecule has 0 bridgehead atoms. The molecule has 214 valence electrons. The van der Waals surface area contributed by atoms with Crippen LogP contribution >= 0.6 is 0 Å². The zero-order valence-corrected chi connectivity index (χ0v) is 22.1. The molecule has 1 aromatic rings. The van der Waals surface area contributed by atoms with Crippen LogP contribution in [0.25, 0.3) is 5.76 Å². The number of carbonyl (C=O) groups excluding carboxylic acids is 4. The molecule has 0 spiro atoms. The van der Waals surface area contributed by atoms with Crippen LogP contribution < -0.4 is 16.4 Å². The number of anilines is 1. The molecule has 40 heavy (non-hydrogen) atoms. The summed E-state index contributed by atoms with van der Waals surface area (Å²) in [4.78, 5) is 51.7. The van der Waals surface area contributed by atoms with Crippen molar-refractivity contribution < 1.29 is 44.0 Å². The zero-order chi connectivity index (χ0) is 29.3. The Morgan fingerprint density at radius 1 is 1.15 bits per heavy atom. The molecule has 1 saturated carbocycles. The predicted molar refractivity (Wildman–Crippen MR) is 140 cm³/mol. The summed E-state index contributed by atoms with van der Waals surface area (Å²) in [5.74, 6) is -9.77. The van der Waals surface area contributed by atoms with Gasteiger partial charge >= 0.3 is 0 Å². The number of aromatic hydroxyl groups is 1. The molecule has 0 radical (unpaired) electrons.